The lowest BCUT2D eigenvalue weighted by molar-refractivity contribution is 0.475. The first-order valence-corrected chi connectivity index (χ1v) is 18.9. The highest BCUT2D eigenvalue weighted by molar-refractivity contribution is 7.85. The molecule has 0 fully saturated rings. The molecule has 6 rings (SSSR count). The Hall–Kier alpha value is -3.75. The van der Waals surface area contributed by atoms with Crippen LogP contribution in [0, 0.1) is 0 Å². The molecule has 3 N–H and O–H groups in total. The van der Waals surface area contributed by atoms with E-state index in [1.807, 2.05) is 0 Å². The fraction of sp³-hybridized carbons (Fsp3) is 0.436. The topological polar surface area (TPSA) is 112 Å². The summed E-state index contributed by atoms with van der Waals surface area (Å²) in [6.07, 6.45) is 6.51. The van der Waals surface area contributed by atoms with Crippen molar-refractivity contribution < 1.29 is 13.0 Å². The van der Waals surface area contributed by atoms with Gasteiger partial charge in [0.2, 0.25) is 0 Å². The third-order valence-corrected chi connectivity index (χ3v) is 11.6. The van der Waals surface area contributed by atoms with Gasteiger partial charge in [0.15, 0.2) is 0 Å². The second kappa shape index (κ2) is 12.4. The Morgan fingerprint density at radius 1 is 0.638 bits per heavy atom. The summed E-state index contributed by atoms with van der Waals surface area (Å²) < 4.78 is 36.1. The fourth-order valence-corrected chi connectivity index (χ4v) is 8.92. The molecule has 7 nitrogen and oxygen atoms in total. The van der Waals surface area contributed by atoms with Crippen LogP contribution >= 0.6 is 0 Å². The van der Waals surface area contributed by atoms with Gasteiger partial charge in [0.05, 0.1) is 27.5 Å². The molecule has 0 amide bonds. The van der Waals surface area contributed by atoms with E-state index in [1.54, 1.807) is 12.1 Å². The third kappa shape index (κ3) is 5.06. The first-order valence-electron chi connectivity index (χ1n) is 17.5. The fourth-order valence-electron chi connectivity index (χ4n) is 8.39. The number of aryl methyl sites for hydroxylation is 4. The minimum atomic E-state index is -4.51. The van der Waals surface area contributed by atoms with Crippen LogP contribution in [-0.2, 0) is 41.2 Å². The van der Waals surface area contributed by atoms with E-state index in [2.05, 4.69) is 83.6 Å². The summed E-state index contributed by atoms with van der Waals surface area (Å²) >= 11 is 0. The van der Waals surface area contributed by atoms with E-state index in [0.29, 0.717) is 5.39 Å². The van der Waals surface area contributed by atoms with E-state index in [9.17, 15) is 13.0 Å². The van der Waals surface area contributed by atoms with Crippen molar-refractivity contribution >= 4 is 54.2 Å². The Morgan fingerprint density at radius 2 is 1.15 bits per heavy atom. The molecular formula is C39H48N4O3S. The standard InChI is InChI=1S/C39H48N4O3S/c1-9-23-24(10-2)33-20-34-27(13-5)28(14-6)37(42-34)29-17-22(47(44,45)46)18-30-38(29)43-36(39(30,15-7)16-8)21-35-26(12-4)25(11-3)32(41-35)19-31(23)40-33/h17-21,40-41H,9-16H2,1-8H3,(H,44,45,46). The Balaban J connectivity index is 1.96. The Kier molecular flexibility index (Phi) is 8.72. The van der Waals surface area contributed by atoms with Gasteiger partial charge in [0, 0.05) is 32.9 Å². The molecule has 0 atom stereocenters. The largest absolute Gasteiger partial charge is 0.355 e. The van der Waals surface area contributed by atoms with Crippen molar-refractivity contribution in [1.29, 1.82) is 0 Å². The molecule has 0 radical (unpaired) electrons. The van der Waals surface area contributed by atoms with E-state index in [1.165, 1.54) is 22.3 Å². The highest BCUT2D eigenvalue weighted by Gasteiger charge is 2.40. The van der Waals surface area contributed by atoms with Crippen LogP contribution in [0.4, 0.5) is 0 Å². The second-order valence-corrected chi connectivity index (χ2v) is 14.2. The Bertz CT molecular complexity index is 2220. The number of nitrogens with zero attached hydrogens (tertiary/aromatic N) is 2. The Morgan fingerprint density at radius 3 is 1.62 bits per heavy atom. The maximum atomic E-state index is 12.8. The van der Waals surface area contributed by atoms with Gasteiger partial charge < -0.3 is 9.97 Å². The monoisotopic (exact) mass is 652 g/mol. The van der Waals surface area contributed by atoms with E-state index < -0.39 is 15.5 Å². The van der Waals surface area contributed by atoms with Gasteiger partial charge in [-0.25, -0.2) is 4.98 Å². The van der Waals surface area contributed by atoms with E-state index >= 15 is 0 Å². The number of aromatic nitrogens is 4. The number of H-pyrrole nitrogens is 2. The highest BCUT2D eigenvalue weighted by Crippen LogP contribution is 2.48. The molecule has 3 aromatic heterocycles. The van der Waals surface area contributed by atoms with E-state index in [4.69, 9.17) is 9.97 Å². The molecule has 5 heterocycles. The zero-order valence-corrected chi connectivity index (χ0v) is 29.9. The molecule has 8 bridgehead atoms. The normalized spacial score (nSPS) is 14.6. The predicted molar refractivity (Wildman–Crippen MR) is 195 cm³/mol. The molecule has 0 saturated carbocycles. The summed E-state index contributed by atoms with van der Waals surface area (Å²) in [5, 5.41) is 0.658. The molecule has 4 aromatic rings. The van der Waals surface area contributed by atoms with Crippen LogP contribution in [0.2, 0.25) is 0 Å². The van der Waals surface area contributed by atoms with Crippen LogP contribution in [0.15, 0.2) is 35.2 Å². The summed E-state index contributed by atoms with van der Waals surface area (Å²) in [5.41, 5.74) is 15.3. The Labute approximate surface area is 278 Å². The number of benzene rings is 1. The van der Waals surface area contributed by atoms with Gasteiger partial charge in [-0.1, -0.05) is 55.4 Å². The zero-order chi connectivity index (χ0) is 33.8. The first kappa shape index (κ1) is 33.2. The van der Waals surface area contributed by atoms with Crippen LogP contribution in [-0.4, -0.2) is 32.9 Å². The highest BCUT2D eigenvalue weighted by atomic mass is 32.2. The average Bonchev–Trinajstić information content (AvgIpc) is 3.77. The van der Waals surface area contributed by atoms with Gasteiger partial charge in [0.25, 0.3) is 10.1 Å². The number of aromatic amines is 2. The molecule has 47 heavy (non-hydrogen) atoms. The number of hydrogen-bond donors (Lipinski definition) is 3. The van der Waals surface area contributed by atoms with Crippen molar-refractivity contribution in [3.05, 3.63) is 75.2 Å². The van der Waals surface area contributed by atoms with Crippen molar-refractivity contribution in [3.63, 3.8) is 0 Å². The quantitative estimate of drug-likeness (QED) is 0.156. The third-order valence-electron chi connectivity index (χ3n) is 10.8. The van der Waals surface area contributed by atoms with Gasteiger partial charge in [-0.15, -0.1) is 0 Å². The number of hydrogen-bond acceptors (Lipinski definition) is 4. The summed E-state index contributed by atoms with van der Waals surface area (Å²) in [6.45, 7) is 17.4. The smallest absolute Gasteiger partial charge is 0.294 e. The molecule has 0 unspecified atom stereocenters. The maximum absolute atomic E-state index is 12.8. The minimum Gasteiger partial charge on any atom is -0.355 e. The summed E-state index contributed by atoms with van der Waals surface area (Å²) in [5.74, 6) is 0. The van der Waals surface area contributed by atoms with E-state index in [-0.39, 0.29) is 4.90 Å². The molecular weight excluding hydrogens is 605 g/mol. The molecule has 248 valence electrons. The average molecular weight is 653 g/mol. The molecule has 0 spiro atoms. The number of allylic oxidation sites excluding steroid dienone is 2. The first-order chi connectivity index (χ1) is 22.5. The van der Waals surface area contributed by atoms with Gasteiger partial charge in [0.1, 0.15) is 0 Å². The van der Waals surface area contributed by atoms with Crippen molar-refractivity contribution in [2.75, 3.05) is 0 Å². The number of fused-ring (bicyclic) bond motifs is 8. The zero-order valence-electron chi connectivity index (χ0n) is 29.1. The molecule has 1 aromatic carbocycles. The van der Waals surface area contributed by atoms with Crippen LogP contribution in [0.1, 0.15) is 126 Å². The van der Waals surface area contributed by atoms with Crippen LogP contribution < -0.4 is 0 Å². The van der Waals surface area contributed by atoms with Gasteiger partial charge in [-0.2, -0.15) is 8.42 Å². The summed E-state index contributed by atoms with van der Waals surface area (Å²) in [4.78, 5) is 18.1. The molecule has 0 saturated heterocycles. The van der Waals surface area contributed by atoms with Gasteiger partial charge in [-0.05, 0) is 121 Å². The predicted octanol–water partition coefficient (Wildman–Crippen LogP) is 9.80. The SMILES string of the molecule is CCC1=C(CC)c2nc1cc1[nH]c(cc3[nH]c(cc4nc5c(cc(S(=O)(=O)O)cc25)C4(CC)CC)c(CC)c3CC)c(CC)c1CC. The van der Waals surface area contributed by atoms with Crippen molar-refractivity contribution in [2.45, 2.75) is 117 Å². The van der Waals surface area contributed by atoms with Crippen LogP contribution in [0.3, 0.4) is 0 Å². The summed E-state index contributed by atoms with van der Waals surface area (Å²) in [6, 6.07) is 9.89. The lowest BCUT2D eigenvalue weighted by Gasteiger charge is -2.28. The van der Waals surface area contributed by atoms with Crippen LogP contribution in [0.25, 0.3) is 44.1 Å². The summed E-state index contributed by atoms with van der Waals surface area (Å²) in [7, 11) is -4.51. The maximum Gasteiger partial charge on any atom is 0.294 e. The lowest BCUT2D eigenvalue weighted by Crippen LogP contribution is -2.24. The van der Waals surface area contributed by atoms with Crippen molar-refractivity contribution in [1.82, 2.24) is 19.9 Å². The van der Waals surface area contributed by atoms with Crippen molar-refractivity contribution in [2.24, 2.45) is 0 Å². The van der Waals surface area contributed by atoms with Crippen molar-refractivity contribution in [3.8, 4) is 0 Å². The molecule has 0 aliphatic carbocycles. The molecule has 2 aliphatic rings. The van der Waals surface area contributed by atoms with E-state index in [0.717, 1.165) is 113 Å². The molecule has 2 aliphatic heterocycles. The van der Waals surface area contributed by atoms with Gasteiger partial charge >= 0.3 is 0 Å². The number of rotatable bonds is 9. The van der Waals surface area contributed by atoms with Crippen LogP contribution in [0.5, 0.6) is 0 Å². The number of nitrogens with one attached hydrogen (secondary N) is 2. The molecule has 8 heteroatoms. The second-order valence-electron chi connectivity index (χ2n) is 12.8. The minimum absolute atomic E-state index is 0.116. The van der Waals surface area contributed by atoms with Gasteiger partial charge in [-0.3, -0.25) is 9.54 Å². The lowest BCUT2D eigenvalue weighted by atomic mass is 9.74.